The number of hydrogen-bond donors (Lipinski definition) is 2. The Morgan fingerprint density at radius 1 is 0.786 bits per heavy atom. The second-order valence-corrected chi connectivity index (χ2v) is 10.5. The Balaban J connectivity index is 1.19. The third-order valence-corrected chi connectivity index (χ3v) is 7.84. The average molecular weight is 595 g/mol. The minimum absolute atomic E-state index is 0.188. The number of amides is 3. The SMILES string of the molecule is O=C(Nc1nc(-c2ccccc2)c(-c2ccccc2)s1)c1ccc(NC2=C(Cl)C(=O)N(c3ccccc3F)C2=O)cc1. The molecule has 0 unspecified atom stereocenters. The number of hydrogen-bond acceptors (Lipinski definition) is 6. The molecule has 6 rings (SSSR count). The molecule has 10 heteroatoms. The van der Waals surface area contributed by atoms with Gasteiger partial charge in [-0.25, -0.2) is 14.3 Å². The van der Waals surface area contributed by atoms with E-state index in [9.17, 15) is 18.8 Å². The van der Waals surface area contributed by atoms with Gasteiger partial charge in [0.05, 0.1) is 16.3 Å². The maximum absolute atomic E-state index is 14.3. The molecule has 4 aromatic carbocycles. The van der Waals surface area contributed by atoms with Crippen molar-refractivity contribution in [1.82, 2.24) is 4.98 Å². The van der Waals surface area contributed by atoms with Gasteiger partial charge in [-0.1, -0.05) is 95.7 Å². The van der Waals surface area contributed by atoms with Crippen LogP contribution in [-0.2, 0) is 9.59 Å². The number of aromatic nitrogens is 1. The van der Waals surface area contributed by atoms with Crippen LogP contribution in [0.25, 0.3) is 21.7 Å². The van der Waals surface area contributed by atoms with Crippen molar-refractivity contribution in [3.05, 3.63) is 131 Å². The van der Waals surface area contributed by atoms with Crippen molar-refractivity contribution in [1.29, 1.82) is 0 Å². The average Bonchev–Trinajstić information content (AvgIpc) is 3.53. The minimum atomic E-state index is -0.835. The molecule has 0 saturated carbocycles. The Kier molecular flexibility index (Phi) is 7.35. The molecule has 1 aliphatic rings. The van der Waals surface area contributed by atoms with E-state index in [1.165, 1.54) is 29.5 Å². The Bertz CT molecular complexity index is 1800. The number of nitrogens with one attached hydrogen (secondary N) is 2. The molecule has 206 valence electrons. The van der Waals surface area contributed by atoms with Crippen LogP contribution in [0.5, 0.6) is 0 Å². The van der Waals surface area contributed by atoms with Crippen molar-refractivity contribution in [3.8, 4) is 21.7 Å². The van der Waals surface area contributed by atoms with E-state index in [2.05, 4.69) is 10.6 Å². The van der Waals surface area contributed by atoms with Crippen LogP contribution in [0.4, 0.5) is 20.9 Å². The van der Waals surface area contributed by atoms with Crippen LogP contribution in [0.3, 0.4) is 0 Å². The Labute approximate surface area is 248 Å². The number of anilines is 3. The first kappa shape index (κ1) is 27.1. The van der Waals surface area contributed by atoms with E-state index in [-0.39, 0.29) is 22.3 Å². The number of halogens is 2. The fourth-order valence-electron chi connectivity index (χ4n) is 4.43. The van der Waals surface area contributed by atoms with Gasteiger partial charge in [-0.15, -0.1) is 0 Å². The van der Waals surface area contributed by atoms with Gasteiger partial charge in [0.25, 0.3) is 17.7 Å². The summed E-state index contributed by atoms with van der Waals surface area (Å²) in [6, 6.07) is 31.3. The molecule has 1 aliphatic heterocycles. The van der Waals surface area contributed by atoms with E-state index in [0.717, 1.165) is 27.8 Å². The van der Waals surface area contributed by atoms with Gasteiger partial charge in [0.15, 0.2) is 5.13 Å². The molecule has 2 heterocycles. The zero-order valence-electron chi connectivity index (χ0n) is 21.7. The van der Waals surface area contributed by atoms with Crippen LogP contribution in [0, 0.1) is 5.82 Å². The Morgan fingerprint density at radius 2 is 1.40 bits per heavy atom. The number of nitrogens with zero attached hydrogens (tertiary/aromatic N) is 2. The summed E-state index contributed by atoms with van der Waals surface area (Å²) in [6.45, 7) is 0. The fraction of sp³-hybridized carbons (Fsp3) is 0. The molecule has 42 heavy (non-hydrogen) atoms. The van der Waals surface area contributed by atoms with Crippen molar-refractivity contribution in [3.63, 3.8) is 0 Å². The molecule has 2 N–H and O–H groups in total. The van der Waals surface area contributed by atoms with E-state index < -0.39 is 17.6 Å². The maximum atomic E-state index is 14.3. The highest BCUT2D eigenvalue weighted by atomic mass is 35.5. The lowest BCUT2D eigenvalue weighted by Crippen LogP contribution is -2.33. The molecular weight excluding hydrogens is 575 g/mol. The van der Waals surface area contributed by atoms with Crippen molar-refractivity contribution >= 4 is 57.2 Å². The largest absolute Gasteiger partial charge is 0.350 e. The zero-order chi connectivity index (χ0) is 29.2. The summed E-state index contributed by atoms with van der Waals surface area (Å²) in [4.78, 5) is 45.0. The van der Waals surface area contributed by atoms with E-state index in [4.69, 9.17) is 16.6 Å². The Morgan fingerprint density at radius 3 is 2.07 bits per heavy atom. The molecule has 0 aliphatic carbocycles. The molecule has 5 aromatic rings. The van der Waals surface area contributed by atoms with E-state index >= 15 is 0 Å². The van der Waals surface area contributed by atoms with Crippen LogP contribution >= 0.6 is 22.9 Å². The summed E-state index contributed by atoms with van der Waals surface area (Å²) in [6.07, 6.45) is 0. The number of carbonyl (C=O) groups is 3. The van der Waals surface area contributed by atoms with Gasteiger partial charge in [-0.3, -0.25) is 19.7 Å². The van der Waals surface area contributed by atoms with Gasteiger partial charge in [-0.2, -0.15) is 0 Å². The smallest absolute Gasteiger partial charge is 0.283 e. The molecule has 0 atom stereocenters. The zero-order valence-corrected chi connectivity index (χ0v) is 23.2. The molecule has 3 amide bonds. The summed E-state index contributed by atoms with van der Waals surface area (Å²) in [7, 11) is 0. The van der Waals surface area contributed by atoms with Gasteiger partial charge < -0.3 is 5.32 Å². The summed E-state index contributed by atoms with van der Waals surface area (Å²) in [5.74, 6) is -2.72. The van der Waals surface area contributed by atoms with Crippen molar-refractivity contribution in [2.75, 3.05) is 15.5 Å². The first-order valence-electron chi connectivity index (χ1n) is 12.7. The fourth-order valence-corrected chi connectivity index (χ4v) is 5.63. The highest BCUT2D eigenvalue weighted by Gasteiger charge is 2.40. The van der Waals surface area contributed by atoms with Gasteiger partial charge in [0, 0.05) is 16.8 Å². The minimum Gasteiger partial charge on any atom is -0.350 e. The highest BCUT2D eigenvalue weighted by Crippen LogP contribution is 2.39. The summed E-state index contributed by atoms with van der Waals surface area (Å²) < 4.78 is 14.3. The third kappa shape index (κ3) is 5.18. The number of rotatable bonds is 7. The summed E-state index contributed by atoms with van der Waals surface area (Å²) in [5.41, 5.74) is 3.07. The Hall–Kier alpha value is -5.12. The monoisotopic (exact) mass is 594 g/mol. The third-order valence-electron chi connectivity index (χ3n) is 6.47. The number of para-hydroxylation sites is 1. The van der Waals surface area contributed by atoms with Crippen LogP contribution in [0.15, 0.2) is 120 Å². The quantitative estimate of drug-likeness (QED) is 0.193. The number of carbonyl (C=O) groups excluding carboxylic acids is 3. The molecule has 7 nitrogen and oxygen atoms in total. The van der Waals surface area contributed by atoms with Crippen LogP contribution in [-0.4, -0.2) is 22.7 Å². The van der Waals surface area contributed by atoms with Crippen molar-refractivity contribution < 1.29 is 18.8 Å². The predicted octanol–water partition coefficient (Wildman–Crippen LogP) is 7.30. The molecule has 0 fully saturated rings. The molecule has 0 saturated heterocycles. The molecule has 0 radical (unpaired) electrons. The van der Waals surface area contributed by atoms with Crippen LogP contribution in [0.1, 0.15) is 10.4 Å². The lowest BCUT2D eigenvalue weighted by atomic mass is 10.1. The molecule has 0 spiro atoms. The molecule has 1 aromatic heterocycles. The lowest BCUT2D eigenvalue weighted by Gasteiger charge is -2.15. The molecule has 0 bridgehead atoms. The highest BCUT2D eigenvalue weighted by molar-refractivity contribution is 7.19. The number of thiazole rings is 1. The van der Waals surface area contributed by atoms with E-state index in [1.54, 1.807) is 24.3 Å². The normalized spacial score (nSPS) is 13.0. The lowest BCUT2D eigenvalue weighted by molar-refractivity contribution is -0.120. The summed E-state index contributed by atoms with van der Waals surface area (Å²) >= 11 is 7.54. The first-order chi connectivity index (χ1) is 20.4. The second-order valence-electron chi connectivity index (χ2n) is 9.17. The second kappa shape index (κ2) is 11.4. The van der Waals surface area contributed by atoms with Gasteiger partial charge in [-0.05, 0) is 42.0 Å². The first-order valence-corrected chi connectivity index (χ1v) is 13.9. The predicted molar refractivity (Wildman–Crippen MR) is 163 cm³/mol. The maximum Gasteiger partial charge on any atom is 0.283 e. The standard InChI is InChI=1S/C32H20ClFN4O3S/c33-25-27(31(41)38(30(25)40)24-14-8-7-13-23(24)34)35-22-17-15-21(16-18-22)29(39)37-32-36-26(19-9-3-1-4-10-19)28(42-32)20-11-5-2-6-12-20/h1-18,35H,(H,36,37,39). The van der Waals surface area contributed by atoms with Gasteiger partial charge in [0.1, 0.15) is 16.5 Å². The number of imide groups is 1. The van der Waals surface area contributed by atoms with E-state index in [1.807, 2.05) is 60.7 Å². The molecular formula is C32H20ClFN4O3S. The van der Waals surface area contributed by atoms with Crippen LogP contribution < -0.4 is 15.5 Å². The van der Waals surface area contributed by atoms with E-state index in [0.29, 0.717) is 21.3 Å². The van der Waals surface area contributed by atoms with Crippen molar-refractivity contribution in [2.45, 2.75) is 0 Å². The van der Waals surface area contributed by atoms with Crippen molar-refractivity contribution in [2.24, 2.45) is 0 Å². The topological polar surface area (TPSA) is 91.4 Å². The summed E-state index contributed by atoms with van der Waals surface area (Å²) in [5, 5.41) is 5.78. The van der Waals surface area contributed by atoms with Gasteiger partial charge >= 0.3 is 0 Å². The van der Waals surface area contributed by atoms with Gasteiger partial charge in [0.2, 0.25) is 0 Å². The van der Waals surface area contributed by atoms with Crippen LogP contribution in [0.2, 0.25) is 0 Å². The number of benzene rings is 4.